The van der Waals surface area contributed by atoms with E-state index in [-0.39, 0.29) is 6.04 Å². The number of carbonyl (C=O) groups is 1. The quantitative estimate of drug-likeness (QED) is 0.798. The van der Waals surface area contributed by atoms with Crippen molar-refractivity contribution in [1.82, 2.24) is 15.1 Å². The summed E-state index contributed by atoms with van der Waals surface area (Å²) >= 11 is 0. The van der Waals surface area contributed by atoms with Crippen LogP contribution in [-0.2, 0) is 4.79 Å². The number of hydrogen-bond donors (Lipinski definition) is 1. The van der Waals surface area contributed by atoms with Crippen molar-refractivity contribution in [1.29, 1.82) is 0 Å². The Kier molecular flexibility index (Phi) is 3.57. The molecule has 3 fully saturated rings. The summed E-state index contributed by atoms with van der Waals surface area (Å²) in [7, 11) is 2.18. The van der Waals surface area contributed by atoms with Gasteiger partial charge in [-0.25, -0.2) is 0 Å². The predicted molar refractivity (Wildman–Crippen MR) is 71.4 cm³/mol. The van der Waals surface area contributed by atoms with Gasteiger partial charge in [0.2, 0.25) is 5.91 Å². The maximum Gasteiger partial charge on any atom is 0.239 e. The first-order chi connectivity index (χ1) is 8.72. The molecule has 0 aromatic heterocycles. The molecule has 4 heteroatoms. The van der Waals surface area contributed by atoms with Gasteiger partial charge in [-0.1, -0.05) is 0 Å². The lowest BCUT2D eigenvalue weighted by atomic mass is 10.0. The molecule has 2 unspecified atom stereocenters. The van der Waals surface area contributed by atoms with E-state index < -0.39 is 0 Å². The van der Waals surface area contributed by atoms with Gasteiger partial charge < -0.3 is 15.1 Å². The fourth-order valence-electron chi connectivity index (χ4n) is 3.30. The molecule has 0 spiro atoms. The van der Waals surface area contributed by atoms with Crippen LogP contribution in [0.4, 0.5) is 0 Å². The summed E-state index contributed by atoms with van der Waals surface area (Å²) in [5.74, 6) is 1.06. The molecule has 2 aliphatic heterocycles. The molecule has 1 amide bonds. The van der Waals surface area contributed by atoms with E-state index in [0.29, 0.717) is 17.9 Å². The topological polar surface area (TPSA) is 35.6 Å². The zero-order valence-corrected chi connectivity index (χ0v) is 11.4. The summed E-state index contributed by atoms with van der Waals surface area (Å²) in [4.78, 5) is 16.9. The van der Waals surface area contributed by atoms with Crippen LogP contribution in [0.2, 0.25) is 0 Å². The van der Waals surface area contributed by atoms with Gasteiger partial charge in [-0.2, -0.15) is 0 Å². The standard InChI is InChI=1S/C14H25N3O/c1-16-8-6-11(9-16)10-17-7-2-3-13(14(17)18)15-12-4-5-12/h11-13,15H,2-10H2,1H3. The average molecular weight is 251 g/mol. The number of nitrogens with one attached hydrogen (secondary N) is 1. The molecule has 0 bridgehead atoms. The van der Waals surface area contributed by atoms with E-state index in [9.17, 15) is 4.79 Å². The number of piperidine rings is 1. The van der Waals surface area contributed by atoms with Crippen molar-refractivity contribution in [2.45, 2.75) is 44.2 Å². The molecular formula is C14H25N3O. The van der Waals surface area contributed by atoms with Crippen molar-refractivity contribution in [3.8, 4) is 0 Å². The summed E-state index contributed by atoms with van der Waals surface area (Å²) in [6, 6.07) is 0.752. The Morgan fingerprint density at radius 1 is 1.22 bits per heavy atom. The normalized spacial score (nSPS) is 34.3. The second kappa shape index (κ2) is 5.17. The lowest BCUT2D eigenvalue weighted by Gasteiger charge is -2.34. The van der Waals surface area contributed by atoms with Gasteiger partial charge >= 0.3 is 0 Å². The predicted octanol–water partition coefficient (Wildman–Crippen LogP) is 0.681. The zero-order chi connectivity index (χ0) is 12.5. The minimum atomic E-state index is 0.116. The minimum absolute atomic E-state index is 0.116. The average Bonchev–Trinajstić information content (AvgIpc) is 3.07. The Labute approximate surface area is 110 Å². The highest BCUT2D eigenvalue weighted by atomic mass is 16.2. The van der Waals surface area contributed by atoms with E-state index in [1.165, 1.54) is 32.2 Å². The molecule has 3 rings (SSSR count). The monoisotopic (exact) mass is 251 g/mol. The first-order valence-corrected chi connectivity index (χ1v) is 7.46. The molecule has 0 aromatic rings. The molecule has 2 saturated heterocycles. The van der Waals surface area contributed by atoms with E-state index in [1.54, 1.807) is 0 Å². The highest BCUT2D eigenvalue weighted by molar-refractivity contribution is 5.82. The molecule has 0 aromatic carbocycles. The fraction of sp³-hybridized carbons (Fsp3) is 0.929. The molecular weight excluding hydrogens is 226 g/mol. The van der Waals surface area contributed by atoms with Crippen LogP contribution in [0.3, 0.4) is 0 Å². The lowest BCUT2D eigenvalue weighted by Crippen LogP contribution is -2.52. The van der Waals surface area contributed by atoms with E-state index in [2.05, 4.69) is 22.2 Å². The van der Waals surface area contributed by atoms with E-state index in [4.69, 9.17) is 0 Å². The van der Waals surface area contributed by atoms with Crippen molar-refractivity contribution in [2.24, 2.45) is 5.92 Å². The molecule has 1 N–H and O–H groups in total. The largest absolute Gasteiger partial charge is 0.341 e. The van der Waals surface area contributed by atoms with E-state index in [0.717, 1.165) is 26.1 Å². The minimum Gasteiger partial charge on any atom is -0.341 e. The smallest absolute Gasteiger partial charge is 0.239 e. The Balaban J connectivity index is 1.52. The van der Waals surface area contributed by atoms with Gasteiger partial charge in [0.05, 0.1) is 6.04 Å². The number of rotatable bonds is 4. The van der Waals surface area contributed by atoms with Gasteiger partial charge in [-0.15, -0.1) is 0 Å². The van der Waals surface area contributed by atoms with Crippen LogP contribution in [-0.4, -0.2) is 61.0 Å². The van der Waals surface area contributed by atoms with Crippen LogP contribution in [0, 0.1) is 5.92 Å². The molecule has 1 saturated carbocycles. The van der Waals surface area contributed by atoms with Gasteiger partial charge in [0, 0.05) is 25.7 Å². The third-order valence-electron chi connectivity index (χ3n) is 4.51. The summed E-state index contributed by atoms with van der Waals surface area (Å²) in [6.07, 6.45) is 5.98. The highest BCUT2D eigenvalue weighted by Crippen LogP contribution is 2.24. The van der Waals surface area contributed by atoms with Gasteiger partial charge in [-0.05, 0) is 51.6 Å². The van der Waals surface area contributed by atoms with Crippen molar-refractivity contribution in [3.05, 3.63) is 0 Å². The van der Waals surface area contributed by atoms with Crippen LogP contribution < -0.4 is 5.32 Å². The first kappa shape index (κ1) is 12.4. The van der Waals surface area contributed by atoms with Gasteiger partial charge in [0.25, 0.3) is 0 Å². The maximum atomic E-state index is 12.4. The van der Waals surface area contributed by atoms with Gasteiger partial charge in [0.1, 0.15) is 0 Å². The third kappa shape index (κ3) is 2.86. The summed E-state index contributed by atoms with van der Waals surface area (Å²) in [5, 5.41) is 3.50. The molecule has 4 nitrogen and oxygen atoms in total. The molecule has 3 aliphatic rings. The van der Waals surface area contributed by atoms with Crippen LogP contribution in [0.5, 0.6) is 0 Å². The Hall–Kier alpha value is -0.610. The van der Waals surface area contributed by atoms with E-state index in [1.807, 2.05) is 0 Å². The van der Waals surface area contributed by atoms with Crippen LogP contribution in [0.15, 0.2) is 0 Å². The van der Waals surface area contributed by atoms with Crippen molar-refractivity contribution in [3.63, 3.8) is 0 Å². The van der Waals surface area contributed by atoms with E-state index >= 15 is 0 Å². The summed E-state index contributed by atoms with van der Waals surface area (Å²) in [6.45, 7) is 4.30. The second-order valence-electron chi connectivity index (χ2n) is 6.34. The first-order valence-electron chi connectivity index (χ1n) is 7.46. The lowest BCUT2D eigenvalue weighted by molar-refractivity contribution is -0.136. The highest BCUT2D eigenvalue weighted by Gasteiger charge is 2.34. The SMILES string of the molecule is CN1CCC(CN2CCCC(NC3CC3)C2=O)C1. The molecule has 0 radical (unpaired) electrons. The summed E-state index contributed by atoms with van der Waals surface area (Å²) in [5.41, 5.74) is 0. The molecule has 102 valence electrons. The molecule has 2 atom stereocenters. The number of amides is 1. The zero-order valence-electron chi connectivity index (χ0n) is 11.4. The Morgan fingerprint density at radius 3 is 2.72 bits per heavy atom. The molecule has 2 heterocycles. The second-order valence-corrected chi connectivity index (χ2v) is 6.34. The number of likely N-dealkylation sites (tertiary alicyclic amines) is 2. The van der Waals surface area contributed by atoms with Gasteiger partial charge in [-0.3, -0.25) is 4.79 Å². The maximum absolute atomic E-state index is 12.4. The number of carbonyl (C=O) groups excluding carboxylic acids is 1. The Morgan fingerprint density at radius 2 is 2.06 bits per heavy atom. The third-order valence-corrected chi connectivity index (χ3v) is 4.51. The van der Waals surface area contributed by atoms with Crippen molar-refractivity contribution in [2.75, 3.05) is 33.2 Å². The van der Waals surface area contributed by atoms with Crippen molar-refractivity contribution >= 4 is 5.91 Å². The molecule has 1 aliphatic carbocycles. The number of nitrogens with zero attached hydrogens (tertiary/aromatic N) is 2. The van der Waals surface area contributed by atoms with Crippen LogP contribution >= 0.6 is 0 Å². The Bertz CT molecular complexity index is 316. The van der Waals surface area contributed by atoms with Gasteiger partial charge in [0.15, 0.2) is 0 Å². The summed E-state index contributed by atoms with van der Waals surface area (Å²) < 4.78 is 0. The van der Waals surface area contributed by atoms with Crippen molar-refractivity contribution < 1.29 is 4.79 Å². The fourth-order valence-corrected chi connectivity index (χ4v) is 3.30. The van der Waals surface area contributed by atoms with Crippen LogP contribution in [0.1, 0.15) is 32.1 Å². The van der Waals surface area contributed by atoms with Crippen LogP contribution in [0.25, 0.3) is 0 Å². The number of hydrogen-bond acceptors (Lipinski definition) is 3. The molecule has 18 heavy (non-hydrogen) atoms.